The summed E-state index contributed by atoms with van der Waals surface area (Å²) in [6.45, 7) is 1.18. The number of para-hydroxylation sites is 1. The SMILES string of the molecule is CN1C(=O)[C@@H](C(=O)N(Cc2ccccc2)c2ccccc2)[C@@H]1COCc1ccccc1. The lowest BCUT2D eigenvalue weighted by Crippen LogP contribution is -2.65. The molecule has 0 saturated carbocycles. The summed E-state index contributed by atoms with van der Waals surface area (Å²) in [7, 11) is 1.73. The maximum Gasteiger partial charge on any atom is 0.242 e. The van der Waals surface area contributed by atoms with Gasteiger partial charge in [-0.15, -0.1) is 0 Å². The molecule has 1 aliphatic rings. The van der Waals surface area contributed by atoms with Crippen molar-refractivity contribution in [1.29, 1.82) is 0 Å². The minimum absolute atomic E-state index is 0.160. The fourth-order valence-corrected chi connectivity index (χ4v) is 3.88. The van der Waals surface area contributed by atoms with Gasteiger partial charge in [0.15, 0.2) is 0 Å². The Morgan fingerprint density at radius 3 is 2.03 bits per heavy atom. The largest absolute Gasteiger partial charge is 0.375 e. The summed E-state index contributed by atoms with van der Waals surface area (Å²) in [5, 5.41) is 0. The van der Waals surface area contributed by atoms with E-state index < -0.39 is 5.92 Å². The van der Waals surface area contributed by atoms with E-state index in [-0.39, 0.29) is 17.9 Å². The normalized spacial score (nSPS) is 17.8. The molecule has 0 aromatic heterocycles. The first-order valence-corrected chi connectivity index (χ1v) is 10.4. The van der Waals surface area contributed by atoms with E-state index in [1.165, 1.54) is 0 Å². The molecule has 0 aliphatic carbocycles. The molecule has 31 heavy (non-hydrogen) atoms. The molecule has 0 spiro atoms. The fourth-order valence-electron chi connectivity index (χ4n) is 3.88. The van der Waals surface area contributed by atoms with Crippen LogP contribution < -0.4 is 4.90 Å². The number of carbonyl (C=O) groups is 2. The Hall–Kier alpha value is -3.44. The molecule has 2 atom stereocenters. The standard InChI is InChI=1S/C26H26N2O3/c1-27-23(19-31-18-21-13-7-3-8-14-21)24(25(27)29)26(30)28(22-15-9-4-10-16-22)17-20-11-5-2-6-12-20/h2-16,23-24H,17-19H2,1H3/t23-,24-/m0/s1. The number of anilines is 1. The molecular weight excluding hydrogens is 388 g/mol. The van der Waals surface area contributed by atoms with Crippen LogP contribution in [-0.4, -0.2) is 36.4 Å². The van der Waals surface area contributed by atoms with Crippen molar-refractivity contribution in [3.63, 3.8) is 0 Å². The van der Waals surface area contributed by atoms with E-state index in [9.17, 15) is 9.59 Å². The highest BCUT2D eigenvalue weighted by Gasteiger charge is 2.51. The molecule has 2 amide bonds. The maximum absolute atomic E-state index is 13.6. The van der Waals surface area contributed by atoms with Crippen LogP contribution in [-0.2, 0) is 27.5 Å². The van der Waals surface area contributed by atoms with Crippen molar-refractivity contribution in [3.8, 4) is 0 Å². The molecular formula is C26H26N2O3. The molecule has 0 radical (unpaired) electrons. The molecule has 3 aromatic carbocycles. The van der Waals surface area contributed by atoms with E-state index in [0.717, 1.165) is 16.8 Å². The first-order valence-electron chi connectivity index (χ1n) is 10.4. The lowest BCUT2D eigenvalue weighted by Gasteiger charge is -2.45. The Kier molecular flexibility index (Phi) is 6.43. The van der Waals surface area contributed by atoms with Crippen LogP contribution in [0.15, 0.2) is 91.0 Å². The predicted molar refractivity (Wildman–Crippen MR) is 120 cm³/mol. The second-order valence-corrected chi connectivity index (χ2v) is 7.74. The van der Waals surface area contributed by atoms with Gasteiger partial charge in [0.05, 0.1) is 25.8 Å². The first kappa shape index (κ1) is 20.8. The molecule has 1 fully saturated rings. The molecule has 158 valence electrons. The summed E-state index contributed by atoms with van der Waals surface area (Å²) >= 11 is 0. The number of amides is 2. The molecule has 0 N–H and O–H groups in total. The number of benzene rings is 3. The number of ether oxygens (including phenoxy) is 1. The average Bonchev–Trinajstić information content (AvgIpc) is 2.83. The first-order chi connectivity index (χ1) is 15.1. The van der Waals surface area contributed by atoms with Gasteiger partial charge in [-0.1, -0.05) is 78.9 Å². The van der Waals surface area contributed by atoms with Crippen molar-refractivity contribution >= 4 is 17.5 Å². The Balaban J connectivity index is 1.49. The van der Waals surface area contributed by atoms with E-state index in [1.54, 1.807) is 16.8 Å². The molecule has 3 aromatic rings. The van der Waals surface area contributed by atoms with E-state index >= 15 is 0 Å². The number of likely N-dealkylation sites (N-methyl/N-ethyl adjacent to an activating group) is 1. The Labute approximate surface area is 182 Å². The van der Waals surface area contributed by atoms with Gasteiger partial charge in [0.1, 0.15) is 5.92 Å². The third-order valence-electron chi connectivity index (χ3n) is 5.68. The molecule has 1 saturated heterocycles. The molecule has 4 rings (SSSR count). The zero-order valence-electron chi connectivity index (χ0n) is 17.6. The lowest BCUT2D eigenvalue weighted by atomic mass is 9.86. The highest BCUT2D eigenvalue weighted by molar-refractivity contribution is 6.11. The van der Waals surface area contributed by atoms with Gasteiger partial charge in [-0.2, -0.15) is 0 Å². The van der Waals surface area contributed by atoms with Crippen LogP contribution in [0.2, 0.25) is 0 Å². The number of carbonyl (C=O) groups excluding carboxylic acids is 2. The van der Waals surface area contributed by atoms with Crippen molar-refractivity contribution in [2.45, 2.75) is 19.2 Å². The zero-order chi connectivity index (χ0) is 21.6. The fraction of sp³-hybridized carbons (Fsp3) is 0.231. The zero-order valence-corrected chi connectivity index (χ0v) is 17.6. The molecule has 5 heteroatoms. The minimum Gasteiger partial charge on any atom is -0.375 e. The summed E-state index contributed by atoms with van der Waals surface area (Å²) in [5.74, 6) is -1.08. The third kappa shape index (κ3) is 4.67. The van der Waals surface area contributed by atoms with Gasteiger partial charge < -0.3 is 14.5 Å². The van der Waals surface area contributed by atoms with Crippen LogP contribution >= 0.6 is 0 Å². The quantitative estimate of drug-likeness (QED) is 0.415. The highest BCUT2D eigenvalue weighted by Crippen LogP contribution is 2.30. The smallest absolute Gasteiger partial charge is 0.242 e. The molecule has 0 unspecified atom stereocenters. The van der Waals surface area contributed by atoms with Crippen LogP contribution in [0.25, 0.3) is 0 Å². The van der Waals surface area contributed by atoms with Gasteiger partial charge in [-0.25, -0.2) is 0 Å². The molecule has 1 heterocycles. The average molecular weight is 415 g/mol. The summed E-state index contributed by atoms with van der Waals surface area (Å²) in [5.41, 5.74) is 2.85. The lowest BCUT2D eigenvalue weighted by molar-refractivity contribution is -0.162. The predicted octanol–water partition coefficient (Wildman–Crippen LogP) is 3.89. The highest BCUT2D eigenvalue weighted by atomic mass is 16.5. The van der Waals surface area contributed by atoms with Crippen molar-refractivity contribution in [1.82, 2.24) is 4.90 Å². The van der Waals surface area contributed by atoms with Gasteiger partial charge >= 0.3 is 0 Å². The second-order valence-electron chi connectivity index (χ2n) is 7.74. The number of likely N-dealkylation sites (tertiary alicyclic amines) is 1. The van der Waals surface area contributed by atoms with Crippen molar-refractivity contribution in [3.05, 3.63) is 102 Å². The van der Waals surface area contributed by atoms with Crippen LogP contribution in [0.1, 0.15) is 11.1 Å². The van der Waals surface area contributed by atoms with E-state index in [1.807, 2.05) is 91.0 Å². The van der Waals surface area contributed by atoms with Crippen LogP contribution in [0.4, 0.5) is 5.69 Å². The topological polar surface area (TPSA) is 49.9 Å². The van der Waals surface area contributed by atoms with Gasteiger partial charge in [-0.3, -0.25) is 9.59 Å². The van der Waals surface area contributed by atoms with E-state index in [0.29, 0.717) is 19.8 Å². The van der Waals surface area contributed by atoms with Gasteiger partial charge in [-0.05, 0) is 23.3 Å². The van der Waals surface area contributed by atoms with Crippen molar-refractivity contribution < 1.29 is 14.3 Å². The number of rotatable bonds is 8. The number of hydrogen-bond donors (Lipinski definition) is 0. The Morgan fingerprint density at radius 2 is 1.42 bits per heavy atom. The van der Waals surface area contributed by atoms with Gasteiger partial charge in [0.25, 0.3) is 0 Å². The van der Waals surface area contributed by atoms with Crippen LogP contribution in [0, 0.1) is 5.92 Å². The Morgan fingerprint density at radius 1 is 0.871 bits per heavy atom. The molecule has 0 bridgehead atoms. The second kappa shape index (κ2) is 9.58. The summed E-state index contributed by atoms with van der Waals surface area (Å²) < 4.78 is 5.86. The van der Waals surface area contributed by atoms with Gasteiger partial charge in [0, 0.05) is 12.7 Å². The summed E-state index contributed by atoms with van der Waals surface area (Å²) in [6, 6.07) is 28.9. The monoisotopic (exact) mass is 414 g/mol. The Bertz CT molecular complexity index is 1010. The molecule has 5 nitrogen and oxygen atoms in total. The van der Waals surface area contributed by atoms with Crippen LogP contribution in [0.3, 0.4) is 0 Å². The number of β-lactam (4-membered cyclic amide) rings is 1. The maximum atomic E-state index is 13.6. The third-order valence-corrected chi connectivity index (χ3v) is 5.68. The van der Waals surface area contributed by atoms with Crippen molar-refractivity contribution in [2.24, 2.45) is 5.92 Å². The van der Waals surface area contributed by atoms with Crippen molar-refractivity contribution in [2.75, 3.05) is 18.6 Å². The minimum atomic E-state index is -0.732. The number of hydrogen-bond acceptors (Lipinski definition) is 3. The van der Waals surface area contributed by atoms with Gasteiger partial charge in [0.2, 0.25) is 11.8 Å². The summed E-state index contributed by atoms with van der Waals surface area (Å²) in [6.07, 6.45) is 0. The number of nitrogens with zero attached hydrogens (tertiary/aromatic N) is 2. The molecule has 1 aliphatic heterocycles. The van der Waals surface area contributed by atoms with E-state index in [2.05, 4.69) is 0 Å². The van der Waals surface area contributed by atoms with E-state index in [4.69, 9.17) is 4.74 Å². The van der Waals surface area contributed by atoms with Crippen LogP contribution in [0.5, 0.6) is 0 Å². The summed E-state index contributed by atoms with van der Waals surface area (Å²) in [4.78, 5) is 29.5.